The second kappa shape index (κ2) is 10.6. The molecule has 0 radical (unpaired) electrons. The Morgan fingerprint density at radius 1 is 0.810 bits per heavy atom. The molecule has 9 nitrogen and oxygen atoms in total. The molecule has 4 saturated carbocycles. The van der Waals surface area contributed by atoms with Gasteiger partial charge in [-0.1, -0.05) is 27.7 Å². The first kappa shape index (κ1) is 30.3. The van der Waals surface area contributed by atoms with Crippen molar-refractivity contribution in [2.24, 2.45) is 52.3 Å². The summed E-state index contributed by atoms with van der Waals surface area (Å²) in [4.78, 5) is 0. The van der Waals surface area contributed by atoms with E-state index in [1.165, 1.54) is 6.42 Å². The Hall–Kier alpha value is -0.360. The van der Waals surface area contributed by atoms with E-state index in [0.717, 1.165) is 51.6 Å². The van der Waals surface area contributed by atoms with Gasteiger partial charge < -0.3 is 44.5 Å². The van der Waals surface area contributed by atoms with Crippen molar-refractivity contribution in [3.05, 3.63) is 0 Å². The lowest BCUT2D eigenvalue weighted by Gasteiger charge is -2.63. The van der Waals surface area contributed by atoms with Crippen LogP contribution in [0.25, 0.3) is 0 Å². The summed E-state index contributed by atoms with van der Waals surface area (Å²) in [7, 11) is 0. The summed E-state index contributed by atoms with van der Waals surface area (Å²) in [5.41, 5.74) is 0.128. The first-order valence-electron chi connectivity index (χ1n) is 16.9. The zero-order chi connectivity index (χ0) is 29.8. The highest BCUT2D eigenvalue weighted by molar-refractivity contribution is 5.16. The van der Waals surface area contributed by atoms with Crippen LogP contribution in [0.5, 0.6) is 0 Å². The number of aliphatic hydroxyl groups is 5. The quantitative estimate of drug-likeness (QED) is 0.312. The lowest BCUT2D eigenvalue weighted by atomic mass is 9.43. The van der Waals surface area contributed by atoms with Gasteiger partial charge in [-0.05, 0) is 97.7 Å². The summed E-state index contributed by atoms with van der Waals surface area (Å²) < 4.78 is 25.9. The summed E-state index contributed by atoms with van der Waals surface area (Å²) in [6.45, 7) is 9.83. The molecule has 7 aliphatic rings. The van der Waals surface area contributed by atoms with E-state index in [4.69, 9.17) is 18.9 Å². The van der Waals surface area contributed by atoms with Gasteiger partial charge in [-0.25, -0.2) is 0 Å². The molecule has 240 valence electrons. The molecule has 3 heterocycles. The third-order valence-corrected chi connectivity index (χ3v) is 14.1. The van der Waals surface area contributed by atoms with Crippen molar-refractivity contribution in [3.63, 3.8) is 0 Å². The molecule has 0 aromatic heterocycles. The van der Waals surface area contributed by atoms with Crippen LogP contribution in [0, 0.1) is 52.3 Å². The van der Waals surface area contributed by atoms with Crippen LogP contribution < -0.4 is 0 Å². The van der Waals surface area contributed by atoms with E-state index in [9.17, 15) is 25.5 Å². The van der Waals surface area contributed by atoms with Crippen LogP contribution in [0.3, 0.4) is 0 Å². The topological polar surface area (TPSA) is 138 Å². The third-order valence-electron chi connectivity index (χ3n) is 14.1. The molecule has 9 heteroatoms. The molecule has 0 unspecified atom stereocenters. The second-order valence-corrected chi connectivity index (χ2v) is 16.0. The lowest BCUT2D eigenvalue weighted by molar-refractivity contribution is -0.328. The van der Waals surface area contributed by atoms with Crippen molar-refractivity contribution in [2.45, 2.75) is 140 Å². The molecule has 3 aliphatic heterocycles. The van der Waals surface area contributed by atoms with Crippen molar-refractivity contribution in [2.75, 3.05) is 13.2 Å². The average Bonchev–Trinajstić information content (AvgIpc) is 3.41. The van der Waals surface area contributed by atoms with Crippen molar-refractivity contribution < 1.29 is 44.5 Å². The molecular formula is C33H54O9. The van der Waals surface area contributed by atoms with Crippen LogP contribution in [-0.2, 0) is 18.9 Å². The van der Waals surface area contributed by atoms with Crippen LogP contribution in [-0.4, -0.2) is 93.6 Å². The molecule has 18 atom stereocenters. The highest BCUT2D eigenvalue weighted by Gasteiger charge is 2.70. The number of aliphatic hydroxyl groups excluding tert-OH is 5. The zero-order valence-corrected chi connectivity index (χ0v) is 25.8. The van der Waals surface area contributed by atoms with Gasteiger partial charge in [0.15, 0.2) is 12.1 Å². The van der Waals surface area contributed by atoms with Gasteiger partial charge in [-0.2, -0.15) is 0 Å². The van der Waals surface area contributed by atoms with Gasteiger partial charge in [-0.15, -0.1) is 0 Å². The molecule has 0 amide bonds. The second-order valence-electron chi connectivity index (χ2n) is 16.0. The average molecular weight is 595 g/mol. The van der Waals surface area contributed by atoms with E-state index in [0.29, 0.717) is 41.9 Å². The van der Waals surface area contributed by atoms with Gasteiger partial charge >= 0.3 is 0 Å². The van der Waals surface area contributed by atoms with E-state index < -0.39 is 43.1 Å². The van der Waals surface area contributed by atoms with Gasteiger partial charge in [0.2, 0.25) is 0 Å². The van der Waals surface area contributed by atoms with Gasteiger partial charge in [-0.3, -0.25) is 0 Å². The number of hydrogen-bond donors (Lipinski definition) is 5. The Bertz CT molecular complexity index is 1000. The Kier molecular flexibility index (Phi) is 7.64. The molecule has 1 spiro atoms. The predicted octanol–water partition coefficient (Wildman–Crippen LogP) is 2.59. The summed E-state index contributed by atoms with van der Waals surface area (Å²) in [5, 5.41) is 52.2. The molecule has 0 aromatic rings. The number of rotatable bonds is 3. The van der Waals surface area contributed by atoms with Crippen LogP contribution in [0.1, 0.15) is 85.5 Å². The van der Waals surface area contributed by atoms with E-state index in [1.807, 2.05) is 0 Å². The molecule has 4 aliphatic carbocycles. The standard InChI is InChI=1S/C33H54O9/c1-16-5-10-33(39-15-16)17(2)26-24(42-33)13-21-19-12-23(40-30-29(38)28(37)27(36)25(14-34)41-30)22-11-18(35)6-8-31(22,3)20(19)7-9-32(21,26)4/h16-30,34-38H,5-15H2,1-4H3/t16-,17+,18+,19-,20+,21+,22-,23+,24+,25-,26+,27-,28+,29-,30-,31-,32+,33-/m1/s1. The normalized spacial score (nSPS) is 60.9. The molecular weight excluding hydrogens is 540 g/mol. The third kappa shape index (κ3) is 4.35. The molecule has 42 heavy (non-hydrogen) atoms. The summed E-state index contributed by atoms with van der Waals surface area (Å²) >= 11 is 0. The minimum Gasteiger partial charge on any atom is -0.394 e. The fourth-order valence-corrected chi connectivity index (χ4v) is 11.8. The molecule has 7 fully saturated rings. The Labute approximate surface area is 250 Å². The minimum atomic E-state index is -1.47. The number of hydrogen-bond acceptors (Lipinski definition) is 9. The van der Waals surface area contributed by atoms with Crippen molar-refractivity contribution in [1.29, 1.82) is 0 Å². The van der Waals surface area contributed by atoms with E-state index in [1.54, 1.807) is 0 Å². The fourth-order valence-electron chi connectivity index (χ4n) is 11.8. The summed E-state index contributed by atoms with van der Waals surface area (Å²) in [6, 6.07) is 0. The van der Waals surface area contributed by atoms with Crippen LogP contribution in [0.15, 0.2) is 0 Å². The monoisotopic (exact) mass is 594 g/mol. The fraction of sp³-hybridized carbons (Fsp3) is 1.00. The summed E-state index contributed by atoms with van der Waals surface area (Å²) in [6.07, 6.45) is 1.75. The van der Waals surface area contributed by atoms with Crippen molar-refractivity contribution in [3.8, 4) is 0 Å². The van der Waals surface area contributed by atoms with Gasteiger partial charge in [0.05, 0.1) is 31.5 Å². The maximum atomic E-state index is 10.8. The zero-order valence-electron chi connectivity index (χ0n) is 25.8. The lowest BCUT2D eigenvalue weighted by Crippen LogP contribution is -2.63. The SMILES string of the molecule is C[C@@H]1CC[C@@]2(OC1)O[C@H]1C[C@H]3[C@@H]4C[C@H](O[C@@H]5O[C@H](CO)[C@@H](O)[C@H](O)[C@H]5O)[C@H]5C[C@@H](O)CC[C@]5(C)[C@H]4CC[C@]3(C)[C@H]1[C@@H]2C. The maximum Gasteiger partial charge on any atom is 0.186 e. The predicted molar refractivity (Wildman–Crippen MR) is 152 cm³/mol. The van der Waals surface area contributed by atoms with E-state index >= 15 is 0 Å². The molecule has 0 bridgehead atoms. The van der Waals surface area contributed by atoms with E-state index in [-0.39, 0.29) is 35.1 Å². The molecule has 0 aromatic carbocycles. The minimum absolute atomic E-state index is 0.0176. The molecule has 3 saturated heterocycles. The first-order chi connectivity index (χ1) is 19.9. The van der Waals surface area contributed by atoms with Gasteiger partial charge in [0.25, 0.3) is 0 Å². The summed E-state index contributed by atoms with van der Waals surface area (Å²) in [5.74, 6) is 2.47. The van der Waals surface area contributed by atoms with Crippen LogP contribution in [0.4, 0.5) is 0 Å². The number of fused-ring (bicyclic) bond motifs is 7. The molecule has 7 rings (SSSR count). The van der Waals surface area contributed by atoms with Crippen molar-refractivity contribution in [1.82, 2.24) is 0 Å². The maximum absolute atomic E-state index is 10.8. The Balaban J connectivity index is 1.17. The number of ether oxygens (including phenoxy) is 4. The van der Waals surface area contributed by atoms with Crippen LogP contribution >= 0.6 is 0 Å². The first-order valence-corrected chi connectivity index (χ1v) is 16.9. The van der Waals surface area contributed by atoms with Gasteiger partial charge in [0, 0.05) is 12.3 Å². The Morgan fingerprint density at radius 3 is 2.29 bits per heavy atom. The highest BCUT2D eigenvalue weighted by atomic mass is 16.7. The Morgan fingerprint density at radius 2 is 1.57 bits per heavy atom. The van der Waals surface area contributed by atoms with E-state index in [2.05, 4.69) is 27.7 Å². The smallest absolute Gasteiger partial charge is 0.186 e. The van der Waals surface area contributed by atoms with Crippen LogP contribution in [0.2, 0.25) is 0 Å². The van der Waals surface area contributed by atoms with Gasteiger partial charge in [0.1, 0.15) is 24.4 Å². The largest absolute Gasteiger partial charge is 0.394 e. The highest BCUT2D eigenvalue weighted by Crippen LogP contribution is 2.71. The van der Waals surface area contributed by atoms with Crippen molar-refractivity contribution >= 4 is 0 Å². The molecule has 5 N–H and O–H groups in total.